The Hall–Kier alpha value is -0.990. The Labute approximate surface area is 54.2 Å². The van der Waals surface area contributed by atoms with Gasteiger partial charge < -0.3 is 4.84 Å². The van der Waals surface area contributed by atoms with Gasteiger partial charge in [-0.05, 0) is 19.9 Å². The van der Waals surface area contributed by atoms with Crippen LogP contribution in [0.25, 0.3) is 0 Å². The molecule has 0 radical (unpaired) electrons. The van der Waals surface area contributed by atoms with E-state index in [-0.39, 0.29) is 0 Å². The van der Waals surface area contributed by atoms with E-state index in [0.29, 0.717) is 6.61 Å². The second-order valence-electron chi connectivity index (χ2n) is 1.78. The second kappa shape index (κ2) is 2.53. The molecule has 1 aromatic rings. The summed E-state index contributed by atoms with van der Waals surface area (Å²) in [6.07, 6.45) is 1.79. The molecule has 0 aliphatic carbocycles. The average Bonchev–Trinajstić information content (AvgIpc) is 2.17. The lowest BCUT2D eigenvalue weighted by Gasteiger charge is -1.97. The smallest absolute Gasteiger partial charge is 0.114 e. The minimum absolute atomic E-state index is 0.654. The first-order valence-corrected chi connectivity index (χ1v) is 2.98. The third kappa shape index (κ3) is 1.45. The van der Waals surface area contributed by atoms with Gasteiger partial charge in [-0.3, -0.25) is 0 Å². The van der Waals surface area contributed by atoms with E-state index in [0.717, 1.165) is 5.69 Å². The summed E-state index contributed by atoms with van der Waals surface area (Å²) in [6, 6.07) is 1.90. The Morgan fingerprint density at radius 3 is 3.00 bits per heavy atom. The van der Waals surface area contributed by atoms with E-state index < -0.39 is 0 Å². The molecule has 0 fully saturated rings. The third-order valence-electron chi connectivity index (χ3n) is 0.961. The van der Waals surface area contributed by atoms with Crippen molar-refractivity contribution in [2.45, 2.75) is 13.8 Å². The van der Waals surface area contributed by atoms with Gasteiger partial charge in [0.05, 0.1) is 11.9 Å². The summed E-state index contributed by atoms with van der Waals surface area (Å²) >= 11 is 0. The summed E-state index contributed by atoms with van der Waals surface area (Å²) in [5.74, 6) is 0. The van der Waals surface area contributed by atoms with Gasteiger partial charge >= 0.3 is 0 Å². The van der Waals surface area contributed by atoms with E-state index in [1.165, 1.54) is 4.85 Å². The van der Waals surface area contributed by atoms with Crippen LogP contribution in [0.4, 0.5) is 0 Å². The largest absolute Gasteiger partial charge is 0.397 e. The molecule has 1 heterocycles. The van der Waals surface area contributed by atoms with Gasteiger partial charge in [0.1, 0.15) is 6.61 Å². The van der Waals surface area contributed by atoms with Crippen LogP contribution in [-0.4, -0.2) is 16.6 Å². The molecule has 0 amide bonds. The molecule has 0 aliphatic rings. The standard InChI is InChI=1S/C6H10N2O/c1-3-9-8-5-4-6(2)7-8/h4-5H,3H2,1-2H3. The molecule has 3 heteroatoms. The van der Waals surface area contributed by atoms with Gasteiger partial charge in [0.25, 0.3) is 0 Å². The number of aromatic nitrogens is 2. The van der Waals surface area contributed by atoms with E-state index in [1.807, 2.05) is 19.9 Å². The van der Waals surface area contributed by atoms with Gasteiger partial charge in [-0.2, -0.15) is 0 Å². The molecule has 0 saturated carbocycles. The number of hydrogen-bond donors (Lipinski definition) is 0. The summed E-state index contributed by atoms with van der Waals surface area (Å²) < 4.78 is 0. The predicted molar refractivity (Wildman–Crippen MR) is 34.1 cm³/mol. The molecular weight excluding hydrogens is 116 g/mol. The van der Waals surface area contributed by atoms with Crippen molar-refractivity contribution >= 4 is 0 Å². The van der Waals surface area contributed by atoms with Crippen molar-refractivity contribution in [2.24, 2.45) is 0 Å². The van der Waals surface area contributed by atoms with Crippen LogP contribution in [0.5, 0.6) is 0 Å². The fraction of sp³-hybridized carbons (Fsp3) is 0.500. The highest BCUT2D eigenvalue weighted by molar-refractivity contribution is 4.93. The summed E-state index contributed by atoms with van der Waals surface area (Å²) in [5.41, 5.74) is 0.975. The summed E-state index contributed by atoms with van der Waals surface area (Å²) in [4.78, 5) is 6.50. The highest BCUT2D eigenvalue weighted by atomic mass is 16.7. The quantitative estimate of drug-likeness (QED) is 0.581. The lowest BCUT2D eigenvalue weighted by molar-refractivity contribution is 0.0921. The minimum Gasteiger partial charge on any atom is -0.397 e. The molecule has 0 bridgehead atoms. The van der Waals surface area contributed by atoms with Crippen molar-refractivity contribution in [3.8, 4) is 0 Å². The molecule has 0 unspecified atom stereocenters. The summed E-state index contributed by atoms with van der Waals surface area (Å²) in [7, 11) is 0. The Bertz CT molecular complexity index is 183. The Balaban J connectivity index is 2.61. The van der Waals surface area contributed by atoms with E-state index in [4.69, 9.17) is 4.84 Å². The van der Waals surface area contributed by atoms with Gasteiger partial charge in [0, 0.05) is 0 Å². The Morgan fingerprint density at radius 1 is 1.78 bits per heavy atom. The first-order valence-electron chi connectivity index (χ1n) is 2.98. The number of aryl methyl sites for hydroxylation is 1. The molecular formula is C6H10N2O. The van der Waals surface area contributed by atoms with Crippen molar-refractivity contribution < 1.29 is 4.84 Å². The second-order valence-corrected chi connectivity index (χ2v) is 1.78. The topological polar surface area (TPSA) is 27.1 Å². The van der Waals surface area contributed by atoms with E-state index >= 15 is 0 Å². The van der Waals surface area contributed by atoms with Crippen LogP contribution in [0.3, 0.4) is 0 Å². The van der Waals surface area contributed by atoms with Crippen molar-refractivity contribution in [3.05, 3.63) is 18.0 Å². The van der Waals surface area contributed by atoms with Gasteiger partial charge in [-0.1, -0.05) is 0 Å². The minimum atomic E-state index is 0.654. The van der Waals surface area contributed by atoms with Crippen LogP contribution in [0, 0.1) is 6.92 Å². The van der Waals surface area contributed by atoms with Gasteiger partial charge in [0.15, 0.2) is 0 Å². The number of hydrogen-bond acceptors (Lipinski definition) is 2. The molecule has 0 N–H and O–H groups in total. The number of rotatable bonds is 2. The first kappa shape index (κ1) is 6.13. The molecule has 0 saturated heterocycles. The van der Waals surface area contributed by atoms with Crippen LogP contribution in [0.15, 0.2) is 12.3 Å². The van der Waals surface area contributed by atoms with Crippen molar-refractivity contribution in [3.63, 3.8) is 0 Å². The molecule has 0 aromatic carbocycles. The maximum Gasteiger partial charge on any atom is 0.114 e. The lowest BCUT2D eigenvalue weighted by atomic mass is 10.5. The maximum atomic E-state index is 5.03. The lowest BCUT2D eigenvalue weighted by Crippen LogP contribution is -2.10. The fourth-order valence-electron chi connectivity index (χ4n) is 0.598. The van der Waals surface area contributed by atoms with Crippen LogP contribution >= 0.6 is 0 Å². The zero-order valence-corrected chi connectivity index (χ0v) is 5.66. The molecule has 1 rings (SSSR count). The van der Waals surface area contributed by atoms with Crippen LogP contribution in [-0.2, 0) is 0 Å². The fourth-order valence-corrected chi connectivity index (χ4v) is 0.598. The monoisotopic (exact) mass is 126 g/mol. The van der Waals surface area contributed by atoms with Gasteiger partial charge in [-0.15, -0.1) is 9.94 Å². The molecule has 3 nitrogen and oxygen atoms in total. The average molecular weight is 126 g/mol. The Kier molecular flexibility index (Phi) is 1.72. The Morgan fingerprint density at radius 2 is 2.56 bits per heavy atom. The van der Waals surface area contributed by atoms with E-state index in [9.17, 15) is 0 Å². The van der Waals surface area contributed by atoms with Crippen molar-refractivity contribution in [2.75, 3.05) is 6.61 Å². The molecule has 9 heavy (non-hydrogen) atoms. The summed E-state index contributed by atoms with van der Waals surface area (Å²) in [5, 5.41) is 3.99. The molecule has 1 aromatic heterocycles. The van der Waals surface area contributed by atoms with Crippen molar-refractivity contribution in [1.29, 1.82) is 0 Å². The molecule has 0 atom stereocenters. The molecule has 50 valence electrons. The summed E-state index contributed by atoms with van der Waals surface area (Å²) in [6.45, 7) is 4.51. The normalized spacial score (nSPS) is 9.56. The van der Waals surface area contributed by atoms with Gasteiger partial charge in [0.2, 0.25) is 0 Å². The maximum absolute atomic E-state index is 5.03. The first-order chi connectivity index (χ1) is 4.33. The highest BCUT2D eigenvalue weighted by Crippen LogP contribution is 1.88. The SMILES string of the molecule is CCOn1ccc(C)n1. The van der Waals surface area contributed by atoms with Crippen LogP contribution in [0.2, 0.25) is 0 Å². The zero-order valence-electron chi connectivity index (χ0n) is 5.66. The predicted octanol–water partition coefficient (Wildman–Crippen LogP) is 0.640. The highest BCUT2D eigenvalue weighted by Gasteiger charge is 1.89. The van der Waals surface area contributed by atoms with Crippen LogP contribution < -0.4 is 4.84 Å². The van der Waals surface area contributed by atoms with E-state index in [1.54, 1.807) is 6.20 Å². The van der Waals surface area contributed by atoms with Gasteiger partial charge in [-0.25, -0.2) is 0 Å². The van der Waals surface area contributed by atoms with E-state index in [2.05, 4.69) is 5.10 Å². The van der Waals surface area contributed by atoms with Crippen molar-refractivity contribution in [1.82, 2.24) is 9.94 Å². The number of nitrogens with zero attached hydrogens (tertiary/aromatic N) is 2. The van der Waals surface area contributed by atoms with Crippen LogP contribution in [0.1, 0.15) is 12.6 Å². The molecule has 0 spiro atoms. The zero-order chi connectivity index (χ0) is 6.69. The molecule has 0 aliphatic heterocycles. The third-order valence-corrected chi connectivity index (χ3v) is 0.961.